The zero-order valence-electron chi connectivity index (χ0n) is 12.1. The van der Waals surface area contributed by atoms with Gasteiger partial charge < -0.3 is 4.79 Å². The van der Waals surface area contributed by atoms with E-state index in [0.29, 0.717) is 0 Å². The summed E-state index contributed by atoms with van der Waals surface area (Å²) in [5, 5.41) is 0. The van der Waals surface area contributed by atoms with E-state index >= 15 is 0 Å². The van der Waals surface area contributed by atoms with E-state index < -0.39 is 0 Å². The van der Waals surface area contributed by atoms with Crippen LogP contribution in [-0.4, -0.2) is 6.29 Å². The molecule has 15 heavy (non-hydrogen) atoms. The van der Waals surface area contributed by atoms with E-state index in [1.165, 1.54) is 19.8 Å². The van der Waals surface area contributed by atoms with Gasteiger partial charge in [0.1, 0.15) is 6.29 Å². The van der Waals surface area contributed by atoms with E-state index in [-0.39, 0.29) is 0 Å². The second kappa shape index (κ2) is 16.1. The minimum Gasteiger partial charge on any atom is -0.304 e. The highest BCUT2D eigenvalue weighted by atomic mass is 16.1. The Kier molecular flexibility index (Phi) is 21.6. The molecule has 0 saturated heterocycles. The van der Waals surface area contributed by atoms with Crippen LogP contribution in [0.4, 0.5) is 0 Å². The summed E-state index contributed by atoms with van der Waals surface area (Å²) in [6.45, 7) is 17.0. The van der Waals surface area contributed by atoms with Crippen molar-refractivity contribution in [2.24, 2.45) is 17.8 Å². The van der Waals surface area contributed by atoms with Crippen LogP contribution in [0.3, 0.4) is 0 Å². The summed E-state index contributed by atoms with van der Waals surface area (Å²) in [5.74, 6) is 2.68. The van der Waals surface area contributed by atoms with Crippen molar-refractivity contribution >= 4 is 6.29 Å². The van der Waals surface area contributed by atoms with E-state index in [1.807, 2.05) is 13.8 Å². The van der Waals surface area contributed by atoms with Crippen LogP contribution in [0.25, 0.3) is 0 Å². The zero-order chi connectivity index (χ0) is 12.9. The molecule has 1 heteroatoms. The SMILES string of the molecule is CC.CC=O.CCC(CC(C)C)C(C)C. The maximum absolute atomic E-state index is 8.81. The van der Waals surface area contributed by atoms with Gasteiger partial charge in [-0.25, -0.2) is 0 Å². The molecule has 0 rings (SSSR count). The molecule has 0 aromatic rings. The van der Waals surface area contributed by atoms with Crippen LogP contribution in [0.1, 0.15) is 68.2 Å². The molecular formula is C14H32O. The van der Waals surface area contributed by atoms with E-state index in [1.54, 1.807) is 0 Å². The van der Waals surface area contributed by atoms with Gasteiger partial charge in [-0.3, -0.25) is 0 Å². The molecule has 0 aliphatic heterocycles. The van der Waals surface area contributed by atoms with Gasteiger partial charge in [-0.15, -0.1) is 0 Å². The van der Waals surface area contributed by atoms with Crippen molar-refractivity contribution in [2.45, 2.75) is 68.2 Å². The lowest BCUT2D eigenvalue weighted by molar-refractivity contribution is -0.106. The van der Waals surface area contributed by atoms with Gasteiger partial charge in [0.15, 0.2) is 0 Å². The molecule has 0 aliphatic rings. The standard InChI is InChI=1S/C10H22.C2H4O.C2H6/c1-6-10(9(4)5)7-8(2)3;1-2-3;1-2/h8-10H,6-7H2,1-5H3;2H,1H3;1-2H3. The predicted molar refractivity (Wildman–Crippen MR) is 71.2 cm³/mol. The van der Waals surface area contributed by atoms with Crippen LogP contribution in [0.2, 0.25) is 0 Å². The van der Waals surface area contributed by atoms with Crippen molar-refractivity contribution in [3.63, 3.8) is 0 Å². The Labute approximate surface area is 97.7 Å². The van der Waals surface area contributed by atoms with Gasteiger partial charge in [0.05, 0.1) is 0 Å². The molecule has 0 fully saturated rings. The molecule has 1 unspecified atom stereocenters. The van der Waals surface area contributed by atoms with E-state index in [9.17, 15) is 0 Å². The summed E-state index contributed by atoms with van der Waals surface area (Å²) in [4.78, 5) is 8.81. The minimum atomic E-state index is 0.750. The second-order valence-corrected chi connectivity index (χ2v) is 4.28. The molecule has 0 N–H and O–H groups in total. The Hall–Kier alpha value is -0.330. The zero-order valence-corrected chi connectivity index (χ0v) is 12.1. The number of carbonyl (C=O) groups is 1. The quantitative estimate of drug-likeness (QED) is 0.608. The Morgan fingerprint density at radius 1 is 1.07 bits per heavy atom. The molecule has 0 spiro atoms. The van der Waals surface area contributed by atoms with Crippen LogP contribution in [-0.2, 0) is 4.79 Å². The topological polar surface area (TPSA) is 17.1 Å². The fraction of sp³-hybridized carbons (Fsp3) is 0.929. The predicted octanol–water partition coefficient (Wildman–Crippen LogP) is 4.95. The maximum Gasteiger partial charge on any atom is 0.116 e. The van der Waals surface area contributed by atoms with Gasteiger partial charge in [0.25, 0.3) is 0 Å². The van der Waals surface area contributed by atoms with Crippen molar-refractivity contribution in [3.8, 4) is 0 Å². The van der Waals surface area contributed by atoms with Crippen molar-refractivity contribution < 1.29 is 4.79 Å². The van der Waals surface area contributed by atoms with Crippen molar-refractivity contribution in [3.05, 3.63) is 0 Å². The molecule has 0 aliphatic carbocycles. The summed E-state index contributed by atoms with van der Waals surface area (Å²) >= 11 is 0. The molecule has 0 aromatic heterocycles. The summed E-state index contributed by atoms with van der Waals surface area (Å²) in [7, 11) is 0. The van der Waals surface area contributed by atoms with Gasteiger partial charge in [0.2, 0.25) is 0 Å². The largest absolute Gasteiger partial charge is 0.304 e. The summed E-state index contributed by atoms with van der Waals surface area (Å²) in [6.07, 6.45) is 3.49. The third-order valence-corrected chi connectivity index (χ3v) is 2.24. The van der Waals surface area contributed by atoms with Gasteiger partial charge in [-0.05, 0) is 31.1 Å². The lowest BCUT2D eigenvalue weighted by atomic mass is 9.86. The molecule has 0 bridgehead atoms. The van der Waals surface area contributed by atoms with Gasteiger partial charge in [-0.1, -0.05) is 54.9 Å². The van der Waals surface area contributed by atoms with Crippen molar-refractivity contribution in [2.75, 3.05) is 0 Å². The third kappa shape index (κ3) is 19.9. The monoisotopic (exact) mass is 216 g/mol. The highest BCUT2D eigenvalue weighted by molar-refractivity contribution is 5.44. The Bertz CT molecular complexity index is 106. The number of hydrogen-bond acceptors (Lipinski definition) is 1. The van der Waals surface area contributed by atoms with Crippen molar-refractivity contribution in [1.29, 1.82) is 0 Å². The van der Waals surface area contributed by atoms with Gasteiger partial charge in [-0.2, -0.15) is 0 Å². The second-order valence-electron chi connectivity index (χ2n) is 4.28. The van der Waals surface area contributed by atoms with Gasteiger partial charge >= 0.3 is 0 Å². The van der Waals surface area contributed by atoms with Crippen LogP contribution in [0.15, 0.2) is 0 Å². The lowest BCUT2D eigenvalue weighted by Crippen LogP contribution is -2.10. The summed E-state index contributed by atoms with van der Waals surface area (Å²) in [5.41, 5.74) is 0. The number of aldehydes is 1. The Morgan fingerprint density at radius 3 is 1.47 bits per heavy atom. The Balaban J connectivity index is -0.000000245. The fourth-order valence-corrected chi connectivity index (χ4v) is 1.52. The average molecular weight is 216 g/mol. The van der Waals surface area contributed by atoms with Crippen LogP contribution in [0.5, 0.6) is 0 Å². The normalized spacial score (nSPS) is 11.1. The van der Waals surface area contributed by atoms with Crippen LogP contribution < -0.4 is 0 Å². The van der Waals surface area contributed by atoms with E-state index in [0.717, 1.165) is 24.0 Å². The van der Waals surface area contributed by atoms with Crippen molar-refractivity contribution in [1.82, 2.24) is 0 Å². The number of rotatable bonds is 4. The van der Waals surface area contributed by atoms with E-state index in [2.05, 4.69) is 34.6 Å². The molecular weight excluding hydrogens is 184 g/mol. The van der Waals surface area contributed by atoms with E-state index in [4.69, 9.17) is 4.79 Å². The molecule has 0 amide bonds. The molecule has 1 atom stereocenters. The van der Waals surface area contributed by atoms with Gasteiger partial charge in [0, 0.05) is 0 Å². The molecule has 0 aromatic carbocycles. The maximum atomic E-state index is 8.81. The number of hydrogen-bond donors (Lipinski definition) is 0. The third-order valence-electron chi connectivity index (χ3n) is 2.24. The summed E-state index contributed by atoms with van der Waals surface area (Å²) in [6, 6.07) is 0. The smallest absolute Gasteiger partial charge is 0.116 e. The molecule has 1 nitrogen and oxygen atoms in total. The first kappa shape index (κ1) is 20.1. The highest BCUT2D eigenvalue weighted by Crippen LogP contribution is 2.22. The lowest BCUT2D eigenvalue weighted by Gasteiger charge is -2.20. The van der Waals surface area contributed by atoms with Crippen LogP contribution in [0, 0.1) is 17.8 Å². The Morgan fingerprint density at radius 2 is 1.40 bits per heavy atom. The molecule has 0 heterocycles. The first-order valence-corrected chi connectivity index (χ1v) is 6.39. The number of carbonyl (C=O) groups excluding carboxylic acids is 1. The molecule has 94 valence electrons. The first-order chi connectivity index (χ1) is 6.99. The summed E-state index contributed by atoms with van der Waals surface area (Å²) < 4.78 is 0. The molecule has 0 saturated carbocycles. The first-order valence-electron chi connectivity index (χ1n) is 6.39. The highest BCUT2D eigenvalue weighted by Gasteiger charge is 2.11. The fourth-order valence-electron chi connectivity index (χ4n) is 1.52. The molecule has 0 radical (unpaired) electrons. The van der Waals surface area contributed by atoms with Crippen LogP contribution >= 0.6 is 0 Å². The minimum absolute atomic E-state index is 0.750. The average Bonchev–Trinajstić information content (AvgIpc) is 2.18.